The lowest BCUT2D eigenvalue weighted by Gasteiger charge is -2.03. The van der Waals surface area contributed by atoms with Gasteiger partial charge in [0.25, 0.3) is 0 Å². The summed E-state index contributed by atoms with van der Waals surface area (Å²) in [6.07, 6.45) is 2.95. The minimum atomic E-state index is -0.350. The zero-order valence-corrected chi connectivity index (χ0v) is 14.0. The molecule has 0 saturated heterocycles. The lowest BCUT2D eigenvalue weighted by Crippen LogP contribution is -2.27. The van der Waals surface area contributed by atoms with Crippen molar-refractivity contribution in [3.05, 3.63) is 75.3 Å². The predicted molar refractivity (Wildman–Crippen MR) is 94.0 cm³/mol. The molecule has 2 aromatic rings. The lowest BCUT2D eigenvalue weighted by molar-refractivity contribution is -0.116. The molecule has 0 aliphatic carbocycles. The monoisotopic (exact) mass is 347 g/mol. The molecule has 1 N–H and O–H groups in total. The van der Waals surface area contributed by atoms with Crippen molar-refractivity contribution < 1.29 is 9.59 Å². The van der Waals surface area contributed by atoms with Crippen LogP contribution in [0.3, 0.4) is 0 Å². The zero-order chi connectivity index (χ0) is 16.8. The molecule has 118 valence electrons. The van der Waals surface area contributed by atoms with Gasteiger partial charge in [-0.3, -0.25) is 9.59 Å². The number of amides is 1. The number of rotatable bonds is 5. The Bertz CT molecular complexity index is 752. The summed E-state index contributed by atoms with van der Waals surface area (Å²) in [5, 5.41) is 3.43. The van der Waals surface area contributed by atoms with Gasteiger partial charge in [0.2, 0.25) is 5.91 Å². The number of Topliss-reactive ketones (excluding diaryl/α,β-unsaturated/α-hetero) is 1. The molecule has 0 aromatic heterocycles. The summed E-state index contributed by atoms with van der Waals surface area (Å²) in [4.78, 5) is 23.7. The number of hydrogen-bond donors (Lipinski definition) is 1. The molecule has 0 radical (unpaired) electrons. The van der Waals surface area contributed by atoms with E-state index in [9.17, 15) is 9.59 Å². The van der Waals surface area contributed by atoms with E-state index in [1.54, 1.807) is 36.4 Å². The predicted octanol–water partition coefficient (Wildman–Crippen LogP) is 4.31. The Hall–Kier alpha value is -2.10. The molecule has 2 aromatic carbocycles. The highest BCUT2D eigenvalue weighted by molar-refractivity contribution is 6.42. The number of benzene rings is 2. The van der Waals surface area contributed by atoms with Crippen molar-refractivity contribution in [3.63, 3.8) is 0 Å². The zero-order valence-electron chi connectivity index (χ0n) is 12.5. The minimum Gasteiger partial charge on any atom is -0.345 e. The van der Waals surface area contributed by atoms with Crippen LogP contribution in [0.15, 0.2) is 48.5 Å². The molecule has 0 fully saturated rings. The van der Waals surface area contributed by atoms with Crippen LogP contribution in [0.5, 0.6) is 0 Å². The Balaban J connectivity index is 1.89. The maximum atomic E-state index is 11.9. The maximum absolute atomic E-state index is 11.9. The van der Waals surface area contributed by atoms with E-state index in [1.807, 2.05) is 19.1 Å². The van der Waals surface area contributed by atoms with Gasteiger partial charge in [-0.25, -0.2) is 0 Å². The summed E-state index contributed by atoms with van der Waals surface area (Å²) in [5.41, 5.74) is 2.40. The normalized spacial score (nSPS) is 10.7. The highest BCUT2D eigenvalue weighted by Gasteiger charge is 2.06. The Morgan fingerprint density at radius 1 is 1.04 bits per heavy atom. The summed E-state index contributed by atoms with van der Waals surface area (Å²) in [5.74, 6) is -0.488. The summed E-state index contributed by atoms with van der Waals surface area (Å²) in [6, 6.07) is 12.3. The summed E-state index contributed by atoms with van der Waals surface area (Å²) < 4.78 is 0. The average molecular weight is 348 g/mol. The first-order valence-electron chi connectivity index (χ1n) is 6.96. The van der Waals surface area contributed by atoms with Crippen LogP contribution in [0, 0.1) is 6.92 Å². The first kappa shape index (κ1) is 17.3. The third kappa shape index (κ3) is 5.23. The van der Waals surface area contributed by atoms with Crippen molar-refractivity contribution in [2.24, 2.45) is 0 Å². The standard InChI is InChI=1S/C18H15Cl2NO2/c1-12-2-6-14(7-3-12)17(22)11-21-18(23)9-5-13-4-8-15(19)16(20)10-13/h2-10H,11H2,1H3,(H,21,23)/b9-5+. The van der Waals surface area contributed by atoms with Crippen LogP contribution in [0.4, 0.5) is 0 Å². The minimum absolute atomic E-state index is 0.0480. The Morgan fingerprint density at radius 3 is 2.39 bits per heavy atom. The second kappa shape index (κ2) is 7.95. The Kier molecular flexibility index (Phi) is 5.97. The van der Waals surface area contributed by atoms with E-state index in [0.29, 0.717) is 15.6 Å². The smallest absolute Gasteiger partial charge is 0.244 e. The van der Waals surface area contributed by atoms with E-state index in [1.165, 1.54) is 6.08 Å². The molecule has 0 aliphatic rings. The molecule has 0 atom stereocenters. The molecule has 0 bridgehead atoms. The number of aryl methyl sites for hydroxylation is 1. The Morgan fingerprint density at radius 2 is 1.74 bits per heavy atom. The average Bonchev–Trinajstić information content (AvgIpc) is 2.54. The number of hydrogen-bond acceptors (Lipinski definition) is 2. The van der Waals surface area contributed by atoms with Gasteiger partial charge in [0.15, 0.2) is 5.78 Å². The van der Waals surface area contributed by atoms with Crippen molar-refractivity contribution in [1.82, 2.24) is 5.32 Å². The van der Waals surface area contributed by atoms with E-state index >= 15 is 0 Å². The molecule has 3 nitrogen and oxygen atoms in total. The summed E-state index contributed by atoms with van der Waals surface area (Å²) in [6.45, 7) is 1.90. The molecule has 2 rings (SSSR count). The van der Waals surface area contributed by atoms with Crippen molar-refractivity contribution in [1.29, 1.82) is 0 Å². The van der Waals surface area contributed by atoms with Crippen LogP contribution in [0.25, 0.3) is 6.08 Å². The first-order chi connectivity index (χ1) is 11.0. The molecular formula is C18H15Cl2NO2. The van der Waals surface area contributed by atoms with E-state index < -0.39 is 0 Å². The van der Waals surface area contributed by atoms with E-state index in [-0.39, 0.29) is 18.2 Å². The molecule has 5 heteroatoms. The highest BCUT2D eigenvalue weighted by atomic mass is 35.5. The largest absolute Gasteiger partial charge is 0.345 e. The van der Waals surface area contributed by atoms with Crippen molar-refractivity contribution >= 4 is 41.0 Å². The fraction of sp³-hybridized carbons (Fsp3) is 0.111. The van der Waals surface area contributed by atoms with Crippen molar-refractivity contribution in [2.45, 2.75) is 6.92 Å². The SMILES string of the molecule is Cc1ccc(C(=O)CNC(=O)/C=C/c2ccc(Cl)c(Cl)c2)cc1. The summed E-state index contributed by atoms with van der Waals surface area (Å²) >= 11 is 11.7. The molecule has 0 unspecified atom stereocenters. The second-order valence-electron chi connectivity index (χ2n) is 5.01. The molecule has 1 amide bonds. The quantitative estimate of drug-likeness (QED) is 0.646. The molecular weight excluding hydrogens is 333 g/mol. The number of nitrogens with one attached hydrogen (secondary N) is 1. The number of carbonyl (C=O) groups is 2. The first-order valence-corrected chi connectivity index (χ1v) is 7.72. The van der Waals surface area contributed by atoms with E-state index in [4.69, 9.17) is 23.2 Å². The van der Waals surface area contributed by atoms with Crippen LogP contribution in [0.1, 0.15) is 21.5 Å². The van der Waals surface area contributed by atoms with Crippen LogP contribution >= 0.6 is 23.2 Å². The van der Waals surface area contributed by atoms with Gasteiger partial charge in [0.1, 0.15) is 0 Å². The fourth-order valence-corrected chi connectivity index (χ4v) is 2.16. The third-order valence-corrected chi connectivity index (χ3v) is 3.91. The molecule has 0 spiro atoms. The van der Waals surface area contributed by atoms with Gasteiger partial charge >= 0.3 is 0 Å². The topological polar surface area (TPSA) is 46.2 Å². The number of halogens is 2. The van der Waals surface area contributed by atoms with E-state index in [2.05, 4.69) is 5.32 Å². The molecule has 0 aliphatic heterocycles. The van der Waals surface area contributed by atoms with E-state index in [0.717, 1.165) is 11.1 Å². The lowest BCUT2D eigenvalue weighted by atomic mass is 10.1. The third-order valence-electron chi connectivity index (χ3n) is 3.17. The van der Waals surface area contributed by atoms with Crippen LogP contribution in [-0.2, 0) is 4.79 Å². The Labute approximate surface area is 144 Å². The van der Waals surface area contributed by atoms with Crippen LogP contribution in [-0.4, -0.2) is 18.2 Å². The number of carbonyl (C=O) groups excluding carboxylic acids is 2. The van der Waals surface area contributed by atoms with Gasteiger partial charge in [0, 0.05) is 11.6 Å². The van der Waals surface area contributed by atoms with Gasteiger partial charge in [-0.2, -0.15) is 0 Å². The van der Waals surface area contributed by atoms with Crippen LogP contribution in [0.2, 0.25) is 10.0 Å². The summed E-state index contributed by atoms with van der Waals surface area (Å²) in [7, 11) is 0. The molecule has 0 heterocycles. The fourth-order valence-electron chi connectivity index (χ4n) is 1.86. The van der Waals surface area contributed by atoms with Gasteiger partial charge in [-0.15, -0.1) is 0 Å². The molecule has 0 saturated carbocycles. The van der Waals surface area contributed by atoms with Crippen molar-refractivity contribution in [3.8, 4) is 0 Å². The maximum Gasteiger partial charge on any atom is 0.244 e. The van der Waals surface area contributed by atoms with Crippen LogP contribution < -0.4 is 5.32 Å². The second-order valence-corrected chi connectivity index (χ2v) is 5.83. The molecule has 23 heavy (non-hydrogen) atoms. The number of ketones is 1. The highest BCUT2D eigenvalue weighted by Crippen LogP contribution is 2.23. The van der Waals surface area contributed by atoms with Crippen molar-refractivity contribution in [2.75, 3.05) is 6.54 Å². The van der Waals surface area contributed by atoms with Gasteiger partial charge in [-0.05, 0) is 30.7 Å². The van der Waals surface area contributed by atoms with Gasteiger partial charge < -0.3 is 5.32 Å². The van der Waals surface area contributed by atoms with Gasteiger partial charge in [0.05, 0.1) is 16.6 Å². The van der Waals surface area contributed by atoms with Gasteiger partial charge in [-0.1, -0.05) is 59.1 Å².